The van der Waals surface area contributed by atoms with Crippen molar-refractivity contribution < 1.29 is 9.59 Å². The molecule has 0 saturated heterocycles. The van der Waals surface area contributed by atoms with Crippen LogP contribution in [0.3, 0.4) is 0 Å². The van der Waals surface area contributed by atoms with Gasteiger partial charge in [-0.1, -0.05) is 19.3 Å². The molecule has 0 spiro atoms. The molecule has 0 radical (unpaired) electrons. The van der Waals surface area contributed by atoms with Gasteiger partial charge in [-0.05, 0) is 51.4 Å². The van der Waals surface area contributed by atoms with E-state index in [0.29, 0.717) is 18.3 Å². The molecular weight excluding hydrogens is 316 g/mol. The van der Waals surface area contributed by atoms with Crippen LogP contribution in [-0.2, 0) is 16.1 Å². The van der Waals surface area contributed by atoms with Crippen LogP contribution in [0, 0.1) is 18.8 Å². The molecule has 1 heterocycles. The van der Waals surface area contributed by atoms with Gasteiger partial charge in [0.05, 0.1) is 6.20 Å². The molecule has 2 aliphatic carbocycles. The lowest BCUT2D eigenvalue weighted by molar-refractivity contribution is -0.127. The smallest absolute Gasteiger partial charge is 0.247 e. The number of rotatable bonds is 7. The van der Waals surface area contributed by atoms with E-state index in [4.69, 9.17) is 0 Å². The van der Waals surface area contributed by atoms with Crippen LogP contribution >= 0.6 is 0 Å². The summed E-state index contributed by atoms with van der Waals surface area (Å²) in [5, 5.41) is 10.2. The summed E-state index contributed by atoms with van der Waals surface area (Å²) in [6.45, 7) is 4.54. The molecule has 1 aromatic heterocycles. The Labute approximate surface area is 149 Å². The number of amides is 2. The Morgan fingerprint density at radius 3 is 2.60 bits per heavy atom. The molecule has 0 aromatic carbocycles. The fraction of sp³-hybridized carbons (Fsp3) is 0.737. The lowest BCUT2D eigenvalue weighted by Gasteiger charge is -2.22. The van der Waals surface area contributed by atoms with Gasteiger partial charge in [-0.15, -0.1) is 0 Å². The van der Waals surface area contributed by atoms with E-state index < -0.39 is 6.04 Å². The SMILES string of the molecule is Cc1cnn(CC2CC2)c1NC(=O)C(C)NC(=O)CC1CCCCC1. The zero-order valence-corrected chi connectivity index (χ0v) is 15.4. The summed E-state index contributed by atoms with van der Waals surface area (Å²) >= 11 is 0. The number of anilines is 1. The van der Waals surface area contributed by atoms with Gasteiger partial charge in [0, 0.05) is 18.5 Å². The second-order valence-electron chi connectivity index (χ2n) is 7.79. The predicted molar refractivity (Wildman–Crippen MR) is 97.1 cm³/mol. The normalized spacial score (nSPS) is 19.4. The molecule has 6 nitrogen and oxygen atoms in total. The first-order valence-corrected chi connectivity index (χ1v) is 9.65. The Kier molecular flexibility index (Phi) is 5.76. The van der Waals surface area contributed by atoms with Gasteiger partial charge in [0.2, 0.25) is 11.8 Å². The van der Waals surface area contributed by atoms with Crippen LogP contribution in [0.15, 0.2) is 6.20 Å². The maximum atomic E-state index is 12.5. The molecular formula is C19H30N4O2. The van der Waals surface area contributed by atoms with E-state index in [1.807, 2.05) is 11.6 Å². The minimum Gasteiger partial charge on any atom is -0.345 e. The van der Waals surface area contributed by atoms with Gasteiger partial charge in [0.25, 0.3) is 0 Å². The molecule has 0 aliphatic heterocycles. The molecule has 2 saturated carbocycles. The largest absolute Gasteiger partial charge is 0.345 e. The summed E-state index contributed by atoms with van der Waals surface area (Å²) in [5.41, 5.74) is 0.953. The van der Waals surface area contributed by atoms with Crippen molar-refractivity contribution in [3.63, 3.8) is 0 Å². The van der Waals surface area contributed by atoms with Crippen LogP contribution < -0.4 is 10.6 Å². The zero-order valence-electron chi connectivity index (χ0n) is 15.4. The van der Waals surface area contributed by atoms with Crippen molar-refractivity contribution in [1.29, 1.82) is 0 Å². The van der Waals surface area contributed by atoms with Crippen LogP contribution in [0.5, 0.6) is 0 Å². The first-order chi connectivity index (χ1) is 12.0. The summed E-state index contributed by atoms with van der Waals surface area (Å²) in [6, 6.07) is -0.542. The fourth-order valence-corrected chi connectivity index (χ4v) is 3.57. The molecule has 6 heteroatoms. The summed E-state index contributed by atoms with van der Waals surface area (Å²) in [7, 11) is 0. The summed E-state index contributed by atoms with van der Waals surface area (Å²) in [4.78, 5) is 24.7. The van der Waals surface area contributed by atoms with E-state index in [9.17, 15) is 9.59 Å². The van der Waals surface area contributed by atoms with Gasteiger partial charge >= 0.3 is 0 Å². The van der Waals surface area contributed by atoms with E-state index in [1.54, 1.807) is 13.1 Å². The molecule has 138 valence electrons. The van der Waals surface area contributed by atoms with Gasteiger partial charge in [-0.25, -0.2) is 4.68 Å². The Hall–Kier alpha value is -1.85. The minimum atomic E-state index is -0.542. The lowest BCUT2D eigenvalue weighted by Crippen LogP contribution is -2.42. The maximum Gasteiger partial charge on any atom is 0.247 e. The highest BCUT2D eigenvalue weighted by molar-refractivity contribution is 5.96. The highest BCUT2D eigenvalue weighted by Crippen LogP contribution is 2.32. The molecule has 2 amide bonds. The third kappa shape index (κ3) is 5.06. The van der Waals surface area contributed by atoms with E-state index in [-0.39, 0.29) is 11.8 Å². The average molecular weight is 346 g/mol. The molecule has 2 fully saturated rings. The van der Waals surface area contributed by atoms with Crippen LogP contribution in [0.25, 0.3) is 0 Å². The van der Waals surface area contributed by atoms with Gasteiger partial charge in [0.15, 0.2) is 0 Å². The van der Waals surface area contributed by atoms with Crippen molar-refractivity contribution in [2.24, 2.45) is 11.8 Å². The third-order valence-electron chi connectivity index (χ3n) is 5.36. The molecule has 3 rings (SSSR count). The number of aryl methyl sites for hydroxylation is 1. The standard InChI is InChI=1S/C19H30N4O2/c1-13-11-20-23(12-16-8-9-16)18(13)22-19(25)14(2)21-17(24)10-15-6-4-3-5-7-15/h11,14-16H,3-10,12H2,1-2H3,(H,21,24)(H,22,25). The van der Waals surface area contributed by atoms with E-state index in [0.717, 1.165) is 30.8 Å². The second kappa shape index (κ2) is 8.02. The number of carbonyl (C=O) groups excluding carboxylic acids is 2. The van der Waals surface area contributed by atoms with Crippen molar-refractivity contribution in [2.45, 2.75) is 77.8 Å². The monoisotopic (exact) mass is 346 g/mol. The lowest BCUT2D eigenvalue weighted by atomic mass is 9.87. The van der Waals surface area contributed by atoms with Gasteiger partial charge in [-0.2, -0.15) is 5.10 Å². The highest BCUT2D eigenvalue weighted by Gasteiger charge is 2.25. The van der Waals surface area contributed by atoms with Crippen molar-refractivity contribution in [2.75, 3.05) is 5.32 Å². The number of nitrogens with zero attached hydrogens (tertiary/aromatic N) is 2. The number of hydrogen-bond acceptors (Lipinski definition) is 3. The Bertz CT molecular complexity index is 615. The summed E-state index contributed by atoms with van der Waals surface area (Å²) in [5.74, 6) is 1.72. The molecule has 1 aromatic rings. The number of nitrogens with one attached hydrogen (secondary N) is 2. The van der Waals surface area contributed by atoms with Crippen LogP contribution in [0.4, 0.5) is 5.82 Å². The molecule has 25 heavy (non-hydrogen) atoms. The second-order valence-corrected chi connectivity index (χ2v) is 7.79. The van der Waals surface area contributed by atoms with Crippen molar-refractivity contribution in [3.05, 3.63) is 11.8 Å². The maximum absolute atomic E-state index is 12.5. The molecule has 0 bridgehead atoms. The Balaban J connectivity index is 1.50. The molecule has 1 atom stereocenters. The zero-order chi connectivity index (χ0) is 17.8. The number of hydrogen-bond donors (Lipinski definition) is 2. The topological polar surface area (TPSA) is 76.0 Å². The van der Waals surface area contributed by atoms with E-state index >= 15 is 0 Å². The van der Waals surface area contributed by atoms with Gasteiger partial charge in [0.1, 0.15) is 11.9 Å². The summed E-state index contributed by atoms with van der Waals surface area (Å²) in [6.07, 6.45) is 10.8. The quantitative estimate of drug-likeness (QED) is 0.797. The van der Waals surface area contributed by atoms with Crippen LogP contribution in [0.1, 0.15) is 63.9 Å². The minimum absolute atomic E-state index is 0.0160. The molecule has 2 aliphatic rings. The molecule has 2 N–H and O–H groups in total. The first kappa shape index (κ1) is 18.0. The van der Waals surface area contributed by atoms with E-state index in [1.165, 1.54) is 32.1 Å². The van der Waals surface area contributed by atoms with E-state index in [2.05, 4.69) is 15.7 Å². The number of carbonyl (C=O) groups is 2. The summed E-state index contributed by atoms with van der Waals surface area (Å²) < 4.78 is 1.88. The third-order valence-corrected chi connectivity index (χ3v) is 5.36. The van der Waals surface area contributed by atoms with Crippen LogP contribution in [0.2, 0.25) is 0 Å². The first-order valence-electron chi connectivity index (χ1n) is 9.65. The fourth-order valence-electron chi connectivity index (χ4n) is 3.57. The highest BCUT2D eigenvalue weighted by atomic mass is 16.2. The average Bonchev–Trinajstić information content (AvgIpc) is 3.34. The van der Waals surface area contributed by atoms with Crippen molar-refractivity contribution in [1.82, 2.24) is 15.1 Å². The van der Waals surface area contributed by atoms with Crippen LogP contribution in [-0.4, -0.2) is 27.6 Å². The van der Waals surface area contributed by atoms with Crippen molar-refractivity contribution in [3.8, 4) is 0 Å². The Morgan fingerprint density at radius 2 is 1.92 bits per heavy atom. The van der Waals surface area contributed by atoms with Gasteiger partial charge in [-0.3, -0.25) is 9.59 Å². The predicted octanol–water partition coefficient (Wildman–Crippen LogP) is 3.02. The van der Waals surface area contributed by atoms with Gasteiger partial charge < -0.3 is 10.6 Å². The van der Waals surface area contributed by atoms with Crippen molar-refractivity contribution >= 4 is 17.6 Å². The number of aromatic nitrogens is 2. The Morgan fingerprint density at radius 1 is 1.20 bits per heavy atom. The molecule has 1 unspecified atom stereocenters.